The number of halogens is 2. The first-order valence-electron chi connectivity index (χ1n) is 6.44. The predicted octanol–water partition coefficient (Wildman–Crippen LogP) is 2.53. The molecule has 1 N–H and O–H groups in total. The van der Waals surface area contributed by atoms with Gasteiger partial charge < -0.3 is 5.11 Å². The first-order chi connectivity index (χ1) is 9.37. The van der Waals surface area contributed by atoms with Crippen LogP contribution in [0.5, 0.6) is 0 Å². The zero-order chi connectivity index (χ0) is 14.9. The highest BCUT2D eigenvalue weighted by Crippen LogP contribution is 2.30. The van der Waals surface area contributed by atoms with E-state index < -0.39 is 27.3 Å². The Hall–Kier alpha value is -0.690. The van der Waals surface area contributed by atoms with Crippen molar-refractivity contribution in [3.05, 3.63) is 28.5 Å². The average Bonchev–Trinajstić information content (AvgIpc) is 2.93. The predicted molar refractivity (Wildman–Crippen MR) is 74.5 cm³/mol. The minimum atomic E-state index is -3.95. The van der Waals surface area contributed by atoms with E-state index >= 15 is 0 Å². The van der Waals surface area contributed by atoms with Crippen LogP contribution >= 0.6 is 11.6 Å². The molecular formula is C13H17ClFNO3S. The Balaban J connectivity index is 2.45. The Bertz CT molecular complexity index is 600. The smallest absolute Gasteiger partial charge is 0.246 e. The lowest BCUT2D eigenvalue weighted by Crippen LogP contribution is -2.35. The van der Waals surface area contributed by atoms with Crippen LogP contribution in [0.1, 0.15) is 31.2 Å². The molecule has 1 fully saturated rings. The van der Waals surface area contributed by atoms with E-state index in [0.717, 1.165) is 31.7 Å². The van der Waals surface area contributed by atoms with E-state index in [9.17, 15) is 12.8 Å². The second-order valence-electron chi connectivity index (χ2n) is 4.99. The normalized spacial score (nSPS) is 17.1. The van der Waals surface area contributed by atoms with Crippen molar-refractivity contribution >= 4 is 21.6 Å². The molecule has 0 spiro atoms. The highest BCUT2D eigenvalue weighted by atomic mass is 35.5. The molecule has 0 heterocycles. The van der Waals surface area contributed by atoms with Crippen molar-refractivity contribution in [1.29, 1.82) is 0 Å². The molecule has 1 aliphatic rings. The summed E-state index contributed by atoms with van der Waals surface area (Å²) in [5.41, 5.74) is -0.115. The molecule has 7 heteroatoms. The van der Waals surface area contributed by atoms with Gasteiger partial charge in [-0.1, -0.05) is 24.4 Å². The summed E-state index contributed by atoms with van der Waals surface area (Å²) < 4.78 is 40.4. The number of rotatable bonds is 4. The molecule has 0 unspecified atom stereocenters. The fourth-order valence-electron chi connectivity index (χ4n) is 2.54. The lowest BCUT2D eigenvalue weighted by Gasteiger charge is -2.24. The van der Waals surface area contributed by atoms with Crippen LogP contribution in [0.15, 0.2) is 17.0 Å². The average molecular weight is 322 g/mol. The van der Waals surface area contributed by atoms with Gasteiger partial charge in [-0.3, -0.25) is 0 Å². The highest BCUT2D eigenvalue weighted by molar-refractivity contribution is 7.89. The third-order valence-electron chi connectivity index (χ3n) is 3.75. The maximum absolute atomic E-state index is 14.2. The highest BCUT2D eigenvalue weighted by Gasteiger charge is 2.32. The molecule has 0 aromatic heterocycles. The molecule has 1 aliphatic carbocycles. The minimum absolute atomic E-state index is 0.0915. The molecule has 1 saturated carbocycles. The molecule has 2 rings (SSSR count). The lowest BCUT2D eigenvalue weighted by atomic mass is 10.2. The van der Waals surface area contributed by atoms with Crippen molar-refractivity contribution in [2.24, 2.45) is 0 Å². The molecule has 1 aromatic carbocycles. The topological polar surface area (TPSA) is 57.6 Å². The fraction of sp³-hybridized carbons (Fsp3) is 0.538. The van der Waals surface area contributed by atoms with Gasteiger partial charge in [0.1, 0.15) is 10.7 Å². The van der Waals surface area contributed by atoms with Crippen LogP contribution in [-0.4, -0.2) is 30.9 Å². The SMILES string of the molecule is CN(C1CCCC1)S(=O)(=O)c1cc(Cl)cc(CO)c1F. The van der Waals surface area contributed by atoms with Crippen LogP contribution < -0.4 is 0 Å². The van der Waals surface area contributed by atoms with Gasteiger partial charge >= 0.3 is 0 Å². The zero-order valence-corrected chi connectivity index (χ0v) is 12.7. The summed E-state index contributed by atoms with van der Waals surface area (Å²) in [6.07, 6.45) is 3.52. The summed E-state index contributed by atoms with van der Waals surface area (Å²) in [6.45, 7) is -0.595. The molecule has 4 nitrogen and oxygen atoms in total. The summed E-state index contributed by atoms with van der Waals surface area (Å²) >= 11 is 5.81. The lowest BCUT2D eigenvalue weighted by molar-refractivity contribution is 0.274. The molecule has 0 atom stereocenters. The van der Waals surface area contributed by atoms with E-state index in [1.807, 2.05) is 0 Å². The summed E-state index contributed by atoms with van der Waals surface area (Å²) in [5, 5.41) is 9.17. The molecular weight excluding hydrogens is 305 g/mol. The van der Waals surface area contributed by atoms with E-state index in [4.69, 9.17) is 16.7 Å². The standard InChI is InChI=1S/C13H17ClFNO3S/c1-16(11-4-2-3-5-11)20(18,19)12-7-10(14)6-9(8-17)13(12)15/h6-7,11,17H,2-5,8H2,1H3. The number of hydrogen-bond acceptors (Lipinski definition) is 3. The van der Waals surface area contributed by atoms with E-state index in [-0.39, 0.29) is 16.6 Å². The summed E-state index contributed by atoms with van der Waals surface area (Å²) in [7, 11) is -2.48. The molecule has 0 radical (unpaired) electrons. The van der Waals surface area contributed by atoms with E-state index in [0.29, 0.717) is 0 Å². The van der Waals surface area contributed by atoms with Crippen LogP contribution in [-0.2, 0) is 16.6 Å². The molecule has 0 aliphatic heterocycles. The molecule has 0 saturated heterocycles. The van der Waals surface area contributed by atoms with E-state index in [2.05, 4.69) is 0 Å². The van der Waals surface area contributed by atoms with Gasteiger partial charge in [-0.15, -0.1) is 0 Å². The quantitative estimate of drug-likeness (QED) is 0.927. The number of hydrogen-bond donors (Lipinski definition) is 1. The molecule has 1 aromatic rings. The number of benzene rings is 1. The molecule has 0 bridgehead atoms. The first kappa shape index (κ1) is 15.7. The number of sulfonamides is 1. The monoisotopic (exact) mass is 321 g/mol. The van der Waals surface area contributed by atoms with E-state index in [1.54, 1.807) is 0 Å². The second-order valence-corrected chi connectivity index (χ2v) is 7.40. The fourth-order valence-corrected chi connectivity index (χ4v) is 4.39. The van der Waals surface area contributed by atoms with Crippen LogP contribution in [0.4, 0.5) is 4.39 Å². The number of nitrogens with zero attached hydrogens (tertiary/aromatic N) is 1. The molecule has 112 valence electrons. The van der Waals surface area contributed by atoms with Crippen LogP contribution in [0.3, 0.4) is 0 Å². The Morgan fingerprint density at radius 3 is 2.55 bits per heavy atom. The van der Waals surface area contributed by atoms with Gasteiger partial charge in [-0.2, -0.15) is 4.31 Å². The summed E-state index contributed by atoms with van der Waals surface area (Å²) in [4.78, 5) is -0.469. The van der Waals surface area contributed by atoms with Gasteiger partial charge in [0.15, 0.2) is 0 Å². The van der Waals surface area contributed by atoms with Crippen LogP contribution in [0.2, 0.25) is 5.02 Å². The summed E-state index contributed by atoms with van der Waals surface area (Å²) in [6, 6.07) is 2.22. The Labute approximate surface area is 123 Å². The van der Waals surface area contributed by atoms with Crippen LogP contribution in [0, 0.1) is 5.82 Å². The summed E-state index contributed by atoms with van der Waals surface area (Å²) in [5.74, 6) is -0.929. The molecule has 20 heavy (non-hydrogen) atoms. The third kappa shape index (κ3) is 2.83. The second kappa shape index (κ2) is 5.97. The number of aliphatic hydroxyl groups is 1. The largest absolute Gasteiger partial charge is 0.392 e. The first-order valence-corrected chi connectivity index (χ1v) is 8.26. The third-order valence-corrected chi connectivity index (χ3v) is 5.87. The van der Waals surface area contributed by atoms with Crippen molar-refractivity contribution in [3.63, 3.8) is 0 Å². The maximum Gasteiger partial charge on any atom is 0.246 e. The number of aliphatic hydroxyl groups excluding tert-OH is 1. The van der Waals surface area contributed by atoms with E-state index in [1.165, 1.54) is 17.4 Å². The van der Waals surface area contributed by atoms with Crippen LogP contribution in [0.25, 0.3) is 0 Å². The molecule has 0 amide bonds. The Kier molecular flexibility index (Phi) is 4.69. The maximum atomic E-state index is 14.2. The van der Waals surface area contributed by atoms with Crippen molar-refractivity contribution < 1.29 is 17.9 Å². The van der Waals surface area contributed by atoms with Crippen molar-refractivity contribution in [2.45, 2.75) is 43.2 Å². The van der Waals surface area contributed by atoms with Crippen molar-refractivity contribution in [2.75, 3.05) is 7.05 Å². The zero-order valence-electron chi connectivity index (χ0n) is 11.1. The van der Waals surface area contributed by atoms with Gasteiger partial charge in [0.2, 0.25) is 10.0 Å². The van der Waals surface area contributed by atoms with Gasteiger partial charge in [0.05, 0.1) is 6.61 Å². The van der Waals surface area contributed by atoms with Gasteiger partial charge in [-0.05, 0) is 25.0 Å². The van der Waals surface area contributed by atoms with Crippen molar-refractivity contribution in [1.82, 2.24) is 4.31 Å². The Morgan fingerprint density at radius 2 is 2.00 bits per heavy atom. The van der Waals surface area contributed by atoms with Gasteiger partial charge in [-0.25, -0.2) is 12.8 Å². The van der Waals surface area contributed by atoms with Crippen molar-refractivity contribution in [3.8, 4) is 0 Å². The van der Waals surface area contributed by atoms with Gasteiger partial charge in [0.25, 0.3) is 0 Å². The van der Waals surface area contributed by atoms with Gasteiger partial charge in [0, 0.05) is 23.7 Å². The minimum Gasteiger partial charge on any atom is -0.392 e. The Morgan fingerprint density at radius 1 is 1.40 bits per heavy atom.